The number of imidazole rings is 1. The van der Waals surface area contributed by atoms with E-state index in [1.807, 2.05) is 22.8 Å². The van der Waals surface area contributed by atoms with E-state index in [1.54, 1.807) is 4.57 Å². The van der Waals surface area contributed by atoms with Crippen molar-refractivity contribution in [2.45, 2.75) is 38.3 Å². The number of benzene rings is 1. The van der Waals surface area contributed by atoms with Crippen LogP contribution in [0.5, 0.6) is 0 Å². The molecule has 4 nitrogen and oxygen atoms in total. The van der Waals surface area contributed by atoms with Crippen LogP contribution in [0.4, 0.5) is 0 Å². The zero-order chi connectivity index (χ0) is 15.8. The maximum Gasteiger partial charge on any atom is 0.330 e. The lowest BCUT2D eigenvalue weighted by Crippen LogP contribution is -2.36. The fourth-order valence-corrected chi connectivity index (χ4v) is 3.41. The highest BCUT2D eigenvalue weighted by atomic mass is 16.1. The van der Waals surface area contributed by atoms with Crippen LogP contribution in [-0.4, -0.2) is 9.13 Å². The van der Waals surface area contributed by atoms with Gasteiger partial charge in [-0.1, -0.05) is 42.5 Å². The summed E-state index contributed by atoms with van der Waals surface area (Å²) in [6, 6.07) is 12.5. The second kappa shape index (κ2) is 5.58. The average Bonchev–Trinajstić information content (AvgIpc) is 3.37. The van der Waals surface area contributed by atoms with E-state index in [2.05, 4.69) is 30.4 Å². The highest BCUT2D eigenvalue weighted by molar-refractivity contribution is 5.46. The molecule has 1 saturated carbocycles. The van der Waals surface area contributed by atoms with Gasteiger partial charge in [0.1, 0.15) is 6.54 Å². The Labute approximate surface area is 134 Å². The first-order valence-electron chi connectivity index (χ1n) is 8.21. The van der Waals surface area contributed by atoms with Crippen LogP contribution in [0.1, 0.15) is 30.7 Å². The normalized spacial score (nSPS) is 19.3. The van der Waals surface area contributed by atoms with E-state index in [0.717, 1.165) is 23.7 Å². The molecule has 1 unspecified atom stereocenters. The topological polar surface area (TPSA) is 50.7 Å². The SMILES string of the molecule is N#CCn1c2c(n(CC3CC3)c1=O)=CCC(c1ccccc1)C=2. The molecule has 1 heterocycles. The van der Waals surface area contributed by atoms with Crippen LogP contribution in [-0.2, 0) is 13.1 Å². The van der Waals surface area contributed by atoms with Gasteiger partial charge in [0.15, 0.2) is 0 Å². The summed E-state index contributed by atoms with van der Waals surface area (Å²) in [7, 11) is 0. The zero-order valence-electron chi connectivity index (χ0n) is 13.0. The molecule has 1 atom stereocenters. The molecule has 0 radical (unpaired) electrons. The van der Waals surface area contributed by atoms with Crippen LogP contribution < -0.4 is 16.4 Å². The number of fused-ring (bicyclic) bond motifs is 1. The first-order chi connectivity index (χ1) is 11.3. The van der Waals surface area contributed by atoms with Gasteiger partial charge >= 0.3 is 5.69 Å². The Morgan fingerprint density at radius 1 is 1.13 bits per heavy atom. The number of hydrogen-bond donors (Lipinski definition) is 0. The van der Waals surface area contributed by atoms with Gasteiger partial charge < -0.3 is 0 Å². The molecule has 0 bridgehead atoms. The summed E-state index contributed by atoms with van der Waals surface area (Å²) in [5.74, 6) is 0.903. The number of hydrogen-bond acceptors (Lipinski definition) is 2. The van der Waals surface area contributed by atoms with Gasteiger partial charge in [-0.05, 0) is 30.7 Å². The molecule has 1 aromatic heterocycles. The number of nitriles is 1. The third-order valence-electron chi connectivity index (χ3n) is 4.82. The molecule has 116 valence electrons. The molecule has 2 aromatic rings. The Bertz CT molecular complexity index is 939. The highest BCUT2D eigenvalue weighted by Gasteiger charge is 2.25. The van der Waals surface area contributed by atoms with Crippen molar-refractivity contribution in [2.75, 3.05) is 0 Å². The molecule has 2 aliphatic carbocycles. The maximum absolute atomic E-state index is 12.7. The second-order valence-electron chi connectivity index (χ2n) is 6.47. The Morgan fingerprint density at radius 2 is 1.91 bits per heavy atom. The molecule has 4 rings (SSSR count). The Balaban J connectivity index is 1.86. The van der Waals surface area contributed by atoms with Crippen LogP contribution in [0.2, 0.25) is 0 Å². The van der Waals surface area contributed by atoms with Crippen molar-refractivity contribution in [1.29, 1.82) is 5.26 Å². The fourth-order valence-electron chi connectivity index (χ4n) is 3.41. The monoisotopic (exact) mass is 305 g/mol. The highest BCUT2D eigenvalue weighted by Crippen LogP contribution is 2.29. The van der Waals surface area contributed by atoms with Gasteiger partial charge in [-0.25, -0.2) is 4.79 Å². The summed E-state index contributed by atoms with van der Waals surface area (Å²) in [5.41, 5.74) is 1.21. The van der Waals surface area contributed by atoms with Crippen molar-refractivity contribution < 1.29 is 0 Å². The molecular weight excluding hydrogens is 286 g/mol. The summed E-state index contributed by atoms with van der Waals surface area (Å²) in [5, 5.41) is 11.0. The summed E-state index contributed by atoms with van der Waals surface area (Å²) in [4.78, 5) is 12.7. The molecule has 2 aliphatic rings. The van der Waals surface area contributed by atoms with E-state index >= 15 is 0 Å². The molecular formula is C19H19N3O. The van der Waals surface area contributed by atoms with Gasteiger partial charge in [0.05, 0.1) is 16.8 Å². The summed E-state index contributed by atoms with van der Waals surface area (Å²) >= 11 is 0. The van der Waals surface area contributed by atoms with Crippen molar-refractivity contribution in [1.82, 2.24) is 9.13 Å². The largest absolute Gasteiger partial charge is 0.330 e. The van der Waals surface area contributed by atoms with Gasteiger partial charge in [-0.3, -0.25) is 9.13 Å². The molecule has 0 amide bonds. The van der Waals surface area contributed by atoms with Crippen molar-refractivity contribution in [3.8, 4) is 6.07 Å². The van der Waals surface area contributed by atoms with E-state index in [4.69, 9.17) is 5.26 Å². The van der Waals surface area contributed by atoms with Gasteiger partial charge in [-0.2, -0.15) is 5.26 Å². The van der Waals surface area contributed by atoms with Crippen LogP contribution in [0, 0.1) is 17.2 Å². The Hall–Kier alpha value is -2.54. The predicted octanol–water partition coefficient (Wildman–Crippen LogP) is 1.33. The van der Waals surface area contributed by atoms with Gasteiger partial charge in [0.2, 0.25) is 0 Å². The maximum atomic E-state index is 12.7. The summed E-state index contributed by atoms with van der Waals surface area (Å²) in [6.07, 6.45) is 7.65. The summed E-state index contributed by atoms with van der Waals surface area (Å²) in [6.45, 7) is 0.907. The average molecular weight is 305 g/mol. The van der Waals surface area contributed by atoms with E-state index in [0.29, 0.717) is 5.92 Å². The van der Waals surface area contributed by atoms with Crippen molar-refractivity contribution in [2.24, 2.45) is 5.92 Å². The smallest absolute Gasteiger partial charge is 0.292 e. The molecule has 23 heavy (non-hydrogen) atoms. The van der Waals surface area contributed by atoms with Crippen LogP contribution in [0.25, 0.3) is 12.2 Å². The van der Waals surface area contributed by atoms with Gasteiger partial charge in [-0.15, -0.1) is 0 Å². The van der Waals surface area contributed by atoms with Crippen LogP contribution in [0.15, 0.2) is 35.1 Å². The van der Waals surface area contributed by atoms with E-state index in [-0.39, 0.29) is 18.2 Å². The lowest BCUT2D eigenvalue weighted by molar-refractivity contribution is 0.579. The quantitative estimate of drug-likeness (QED) is 0.856. The minimum atomic E-state index is -0.0374. The fraction of sp³-hybridized carbons (Fsp3) is 0.368. The van der Waals surface area contributed by atoms with Crippen LogP contribution >= 0.6 is 0 Å². The van der Waals surface area contributed by atoms with Crippen molar-refractivity contribution in [3.63, 3.8) is 0 Å². The van der Waals surface area contributed by atoms with Gasteiger partial charge in [0, 0.05) is 12.5 Å². The first-order valence-corrected chi connectivity index (χ1v) is 8.21. The summed E-state index contributed by atoms with van der Waals surface area (Å²) < 4.78 is 3.51. The molecule has 0 aliphatic heterocycles. The Morgan fingerprint density at radius 3 is 2.61 bits per heavy atom. The first kappa shape index (κ1) is 14.1. The third-order valence-corrected chi connectivity index (χ3v) is 4.82. The molecule has 0 N–H and O–H groups in total. The molecule has 0 saturated heterocycles. The minimum absolute atomic E-state index is 0.0374. The van der Waals surface area contributed by atoms with Gasteiger partial charge in [0.25, 0.3) is 0 Å². The Kier molecular flexibility index (Phi) is 3.42. The number of aromatic nitrogens is 2. The van der Waals surface area contributed by atoms with E-state index in [9.17, 15) is 4.79 Å². The zero-order valence-corrected chi connectivity index (χ0v) is 13.0. The van der Waals surface area contributed by atoms with Crippen LogP contribution in [0.3, 0.4) is 0 Å². The predicted molar refractivity (Wildman–Crippen MR) is 89.0 cm³/mol. The lowest BCUT2D eigenvalue weighted by atomic mass is 9.93. The van der Waals surface area contributed by atoms with Crippen molar-refractivity contribution in [3.05, 3.63) is 57.1 Å². The molecule has 4 heteroatoms. The standard InChI is InChI=1S/C19H19N3O/c20-10-11-21-18-12-16(15-4-2-1-3-5-15)8-9-17(18)22(19(21)23)13-14-6-7-14/h1-5,9,12,14,16H,6-8,11,13H2. The minimum Gasteiger partial charge on any atom is -0.292 e. The number of nitrogens with zero attached hydrogens (tertiary/aromatic N) is 3. The van der Waals surface area contributed by atoms with Crippen molar-refractivity contribution >= 4 is 12.2 Å². The van der Waals surface area contributed by atoms with E-state index < -0.39 is 0 Å². The molecule has 1 fully saturated rings. The third kappa shape index (κ3) is 2.53. The molecule has 1 aromatic carbocycles. The second-order valence-corrected chi connectivity index (χ2v) is 6.47. The van der Waals surface area contributed by atoms with E-state index in [1.165, 1.54) is 18.4 Å². The lowest BCUT2D eigenvalue weighted by Gasteiger charge is -2.14. The number of rotatable bonds is 4. The molecule has 0 spiro atoms.